The molecule has 0 N–H and O–H groups in total. The van der Waals surface area contributed by atoms with Crippen molar-refractivity contribution < 1.29 is 4.52 Å². The Morgan fingerprint density at radius 2 is 1.79 bits per heavy atom. The summed E-state index contributed by atoms with van der Waals surface area (Å²) in [6.45, 7) is 4.37. The molecule has 0 saturated carbocycles. The van der Waals surface area contributed by atoms with Crippen molar-refractivity contribution in [2.75, 3.05) is 0 Å². The molecule has 1 atom stereocenters. The minimum absolute atomic E-state index is 0.107. The van der Waals surface area contributed by atoms with Gasteiger partial charge in [0.15, 0.2) is 5.16 Å². The van der Waals surface area contributed by atoms with Crippen LogP contribution in [0.1, 0.15) is 37.6 Å². The molecule has 0 aliphatic rings. The molecule has 0 radical (unpaired) electrons. The molecule has 0 saturated heterocycles. The number of rotatable bonds is 7. The van der Waals surface area contributed by atoms with Crippen LogP contribution >= 0.6 is 11.8 Å². The number of para-hydroxylation sites is 1. The summed E-state index contributed by atoms with van der Waals surface area (Å²) in [5.41, 5.74) is 3.21. The number of benzene rings is 2. The van der Waals surface area contributed by atoms with Crippen molar-refractivity contribution in [3.05, 3.63) is 94.7 Å². The Kier molecular flexibility index (Phi) is 6.22. The molecule has 0 aliphatic heterocycles. The number of nitrogens with zero attached hydrogens (tertiary/aromatic N) is 5. The van der Waals surface area contributed by atoms with Crippen molar-refractivity contribution >= 4 is 22.7 Å². The van der Waals surface area contributed by atoms with Crippen molar-refractivity contribution in [1.82, 2.24) is 24.7 Å². The quantitative estimate of drug-likeness (QED) is 0.225. The number of thioether (sulfide) groups is 1. The highest BCUT2D eigenvalue weighted by molar-refractivity contribution is 7.98. The SMILES string of the molecule is CC[C@@H](C)c1ccc(-n2c(SCc3nc(-c4ccccn4)no3)nc3ccccc3c2=O)cc1. The zero-order chi connectivity index (χ0) is 23.5. The summed E-state index contributed by atoms with van der Waals surface area (Å²) in [7, 11) is 0. The van der Waals surface area contributed by atoms with E-state index in [1.807, 2.05) is 48.5 Å². The third-order valence-corrected chi connectivity index (χ3v) is 6.69. The van der Waals surface area contributed by atoms with Gasteiger partial charge in [-0.25, -0.2) is 4.98 Å². The van der Waals surface area contributed by atoms with E-state index >= 15 is 0 Å². The molecular weight excluding hydrogens is 446 g/mol. The summed E-state index contributed by atoms with van der Waals surface area (Å²) in [6, 6.07) is 21.0. The zero-order valence-electron chi connectivity index (χ0n) is 18.9. The molecule has 0 spiro atoms. The maximum Gasteiger partial charge on any atom is 0.266 e. The lowest BCUT2D eigenvalue weighted by Gasteiger charge is -2.14. The molecule has 0 fully saturated rings. The second kappa shape index (κ2) is 9.61. The van der Waals surface area contributed by atoms with E-state index in [1.54, 1.807) is 16.8 Å². The maximum absolute atomic E-state index is 13.5. The number of pyridine rings is 1. The lowest BCUT2D eigenvalue weighted by atomic mass is 9.98. The number of fused-ring (bicyclic) bond motifs is 1. The van der Waals surface area contributed by atoms with E-state index in [1.165, 1.54) is 17.3 Å². The molecule has 0 amide bonds. The standard InChI is InChI=1S/C26H23N5O2S/c1-3-17(2)18-11-13-19(14-12-18)31-25(32)20-8-4-5-9-21(20)28-26(31)34-16-23-29-24(30-33-23)22-10-6-7-15-27-22/h4-15,17H,3,16H2,1-2H3/t17-/m1/s1. The highest BCUT2D eigenvalue weighted by Gasteiger charge is 2.16. The number of hydrogen-bond donors (Lipinski definition) is 0. The van der Waals surface area contributed by atoms with Crippen LogP contribution in [0, 0.1) is 0 Å². The average Bonchev–Trinajstić information content (AvgIpc) is 3.37. The Bertz CT molecular complexity index is 1480. The zero-order valence-corrected chi connectivity index (χ0v) is 19.7. The predicted octanol–water partition coefficient (Wildman–Crippen LogP) is 5.64. The van der Waals surface area contributed by atoms with Gasteiger partial charge in [0.1, 0.15) is 5.69 Å². The molecule has 0 bridgehead atoms. The Labute approximate surface area is 200 Å². The molecule has 170 valence electrons. The molecule has 3 heterocycles. The van der Waals surface area contributed by atoms with Gasteiger partial charge in [0.05, 0.1) is 22.3 Å². The van der Waals surface area contributed by atoms with E-state index in [0.29, 0.717) is 45.1 Å². The van der Waals surface area contributed by atoms with Gasteiger partial charge in [-0.15, -0.1) is 0 Å². The van der Waals surface area contributed by atoms with Gasteiger partial charge in [-0.2, -0.15) is 4.98 Å². The van der Waals surface area contributed by atoms with Crippen LogP contribution in [-0.4, -0.2) is 24.7 Å². The summed E-state index contributed by atoms with van der Waals surface area (Å²) in [4.78, 5) is 27.0. The molecule has 5 aromatic rings. The fraction of sp³-hybridized carbons (Fsp3) is 0.192. The van der Waals surface area contributed by atoms with Crippen LogP contribution in [0.25, 0.3) is 28.1 Å². The number of aromatic nitrogens is 5. The topological polar surface area (TPSA) is 86.7 Å². The Hall–Kier alpha value is -3.78. The molecular formula is C26H23N5O2S. The summed E-state index contributed by atoms with van der Waals surface area (Å²) in [6.07, 6.45) is 2.74. The minimum atomic E-state index is -0.107. The maximum atomic E-state index is 13.5. The van der Waals surface area contributed by atoms with Gasteiger partial charge < -0.3 is 4.52 Å². The molecule has 34 heavy (non-hydrogen) atoms. The smallest absolute Gasteiger partial charge is 0.266 e. The van der Waals surface area contributed by atoms with E-state index < -0.39 is 0 Å². The van der Waals surface area contributed by atoms with Crippen molar-refractivity contribution in [3.63, 3.8) is 0 Å². The molecule has 3 aromatic heterocycles. The molecule has 5 rings (SSSR count). The van der Waals surface area contributed by atoms with E-state index in [-0.39, 0.29) is 5.56 Å². The summed E-state index contributed by atoms with van der Waals surface area (Å²) < 4.78 is 7.08. The summed E-state index contributed by atoms with van der Waals surface area (Å²) >= 11 is 1.38. The van der Waals surface area contributed by atoms with E-state index in [9.17, 15) is 4.79 Å². The summed E-state index contributed by atoms with van der Waals surface area (Å²) in [5, 5.41) is 5.17. The Morgan fingerprint density at radius 1 is 1.00 bits per heavy atom. The van der Waals surface area contributed by atoms with Gasteiger partial charge in [0, 0.05) is 6.20 Å². The van der Waals surface area contributed by atoms with Crippen LogP contribution < -0.4 is 5.56 Å². The second-order valence-electron chi connectivity index (χ2n) is 7.97. The first kappa shape index (κ1) is 22.0. The Balaban J connectivity index is 1.50. The van der Waals surface area contributed by atoms with E-state index in [0.717, 1.165) is 12.1 Å². The van der Waals surface area contributed by atoms with Gasteiger partial charge in [-0.05, 0) is 54.3 Å². The van der Waals surface area contributed by atoms with Crippen LogP contribution in [0.3, 0.4) is 0 Å². The van der Waals surface area contributed by atoms with Crippen LogP contribution in [0.15, 0.2) is 87.4 Å². The molecule has 0 aliphatic carbocycles. The minimum Gasteiger partial charge on any atom is -0.338 e. The normalized spacial score (nSPS) is 12.2. The molecule has 0 unspecified atom stereocenters. The van der Waals surface area contributed by atoms with Gasteiger partial charge >= 0.3 is 0 Å². The van der Waals surface area contributed by atoms with Crippen molar-refractivity contribution in [2.24, 2.45) is 0 Å². The lowest BCUT2D eigenvalue weighted by Crippen LogP contribution is -2.21. The highest BCUT2D eigenvalue weighted by atomic mass is 32.2. The van der Waals surface area contributed by atoms with E-state index in [4.69, 9.17) is 9.51 Å². The Morgan fingerprint density at radius 3 is 2.56 bits per heavy atom. The first-order valence-electron chi connectivity index (χ1n) is 11.1. The van der Waals surface area contributed by atoms with Gasteiger partial charge in [0.2, 0.25) is 11.7 Å². The van der Waals surface area contributed by atoms with Gasteiger partial charge in [-0.1, -0.05) is 61.1 Å². The average molecular weight is 470 g/mol. The third-order valence-electron chi connectivity index (χ3n) is 5.76. The van der Waals surface area contributed by atoms with E-state index in [2.05, 4.69) is 41.1 Å². The second-order valence-corrected chi connectivity index (χ2v) is 8.91. The van der Waals surface area contributed by atoms with Gasteiger partial charge in [0.25, 0.3) is 5.56 Å². The first-order chi connectivity index (χ1) is 16.6. The molecule has 2 aromatic carbocycles. The largest absolute Gasteiger partial charge is 0.338 e. The highest BCUT2D eigenvalue weighted by Crippen LogP contribution is 2.26. The first-order valence-corrected chi connectivity index (χ1v) is 12.1. The van der Waals surface area contributed by atoms with Crippen molar-refractivity contribution in [1.29, 1.82) is 0 Å². The molecule has 7 nitrogen and oxygen atoms in total. The fourth-order valence-corrected chi connectivity index (χ4v) is 4.51. The van der Waals surface area contributed by atoms with Crippen molar-refractivity contribution in [2.45, 2.75) is 37.1 Å². The van der Waals surface area contributed by atoms with Crippen LogP contribution in [0.5, 0.6) is 0 Å². The predicted molar refractivity (Wildman–Crippen MR) is 133 cm³/mol. The number of hydrogen-bond acceptors (Lipinski definition) is 7. The van der Waals surface area contributed by atoms with Crippen molar-refractivity contribution in [3.8, 4) is 17.2 Å². The summed E-state index contributed by atoms with van der Waals surface area (Å²) in [5.74, 6) is 1.70. The third kappa shape index (κ3) is 4.36. The fourth-order valence-electron chi connectivity index (χ4n) is 3.66. The van der Waals surface area contributed by atoms with Crippen LogP contribution in [0.4, 0.5) is 0 Å². The van der Waals surface area contributed by atoms with Crippen LogP contribution in [0.2, 0.25) is 0 Å². The lowest BCUT2D eigenvalue weighted by molar-refractivity contribution is 0.391. The van der Waals surface area contributed by atoms with Crippen LogP contribution in [-0.2, 0) is 5.75 Å². The van der Waals surface area contributed by atoms with Gasteiger partial charge in [-0.3, -0.25) is 14.3 Å². The monoisotopic (exact) mass is 469 g/mol. The molecule has 8 heteroatoms.